The zero-order valence-corrected chi connectivity index (χ0v) is 21.9. The highest BCUT2D eigenvalue weighted by Crippen LogP contribution is 2.69. The first-order chi connectivity index (χ1) is 12.9. The predicted molar refractivity (Wildman–Crippen MR) is 133 cm³/mol. The first kappa shape index (κ1) is 20.5. The molecular weight excluding hydrogens is 477 g/mol. The van der Waals surface area contributed by atoms with Crippen LogP contribution in [0.1, 0.15) is 77.6 Å². The number of fused-ring (bicyclic) bond motifs is 2. The third kappa shape index (κ3) is 3.84. The van der Waals surface area contributed by atoms with E-state index in [-0.39, 0.29) is 15.8 Å². The van der Waals surface area contributed by atoms with Crippen molar-refractivity contribution in [2.75, 3.05) is 25.7 Å². The Morgan fingerprint density at radius 1 is 0.667 bits per heavy atom. The Hall–Kier alpha value is 1.59. The molecule has 0 amide bonds. The molecule has 6 fully saturated rings. The van der Waals surface area contributed by atoms with E-state index in [9.17, 15) is 0 Å². The minimum Gasteiger partial charge on any atom is -0.103 e. The number of alkyl halides is 1. The molecule has 6 aliphatic rings. The summed E-state index contributed by atoms with van der Waals surface area (Å²) in [4.78, 5) is 0. The molecule has 0 aromatic heterocycles. The topological polar surface area (TPSA) is 0 Å². The van der Waals surface area contributed by atoms with Crippen LogP contribution >= 0.6 is 38.4 Å². The molecule has 6 rings (SSSR count). The fourth-order valence-corrected chi connectivity index (χ4v) is 17.7. The Bertz CT molecular complexity index is 506. The van der Waals surface area contributed by atoms with Gasteiger partial charge < -0.3 is 0 Å². The Balaban J connectivity index is 1.24. The van der Waals surface area contributed by atoms with Crippen molar-refractivity contribution < 1.29 is 0 Å². The molecule has 0 spiro atoms. The van der Waals surface area contributed by atoms with Gasteiger partial charge in [0.05, 0.1) is 0 Å². The molecule has 0 radical (unpaired) electrons. The molecule has 0 heterocycles. The van der Waals surface area contributed by atoms with E-state index in [1.165, 1.54) is 12.8 Å². The van der Waals surface area contributed by atoms with Gasteiger partial charge in [-0.1, -0.05) is 29.5 Å². The highest BCUT2D eigenvalue weighted by Gasteiger charge is 2.53. The summed E-state index contributed by atoms with van der Waals surface area (Å²) < 4.78 is 0.977. The summed E-state index contributed by atoms with van der Waals surface area (Å²) in [5.41, 5.74) is 0. The van der Waals surface area contributed by atoms with Crippen LogP contribution in [0.15, 0.2) is 0 Å². The second-order valence-corrected chi connectivity index (χ2v) is 19.2. The lowest BCUT2D eigenvalue weighted by atomic mass is 9.56. The van der Waals surface area contributed by atoms with E-state index in [2.05, 4.69) is 42.8 Å². The monoisotopic (exact) mass is 518 g/mol. The lowest BCUT2D eigenvalue weighted by Gasteiger charge is -2.59. The minimum atomic E-state index is 0.226. The van der Waals surface area contributed by atoms with Gasteiger partial charge in [0, 0.05) is 3.92 Å². The van der Waals surface area contributed by atoms with Crippen LogP contribution in [0.3, 0.4) is 0 Å². The largest absolute Gasteiger partial charge is 0.103 e. The van der Waals surface area contributed by atoms with Crippen LogP contribution in [-0.4, -0.2) is 39.9 Å². The average Bonchev–Trinajstić information content (AvgIpc) is 2.56. The van der Waals surface area contributed by atoms with Crippen molar-refractivity contribution in [2.24, 2.45) is 29.6 Å². The maximum absolute atomic E-state index is 2.81. The second-order valence-electron chi connectivity index (χ2n) is 11.9. The Morgan fingerprint density at radius 2 is 1.11 bits per heavy atom. The molecule has 6 unspecified atom stereocenters. The molecule has 6 saturated carbocycles. The highest BCUT2D eigenvalue weighted by molar-refractivity contribution is 14.1. The highest BCUT2D eigenvalue weighted by atomic mass is 127. The van der Waals surface area contributed by atoms with Crippen LogP contribution in [0, 0.1) is 29.6 Å². The van der Waals surface area contributed by atoms with Gasteiger partial charge >= 0.3 is 0 Å². The van der Waals surface area contributed by atoms with Crippen molar-refractivity contribution in [3.63, 3.8) is 0 Å². The standard InChI is InChI=1S/C24H41IP2/c1-17-6-18-10-22(25)16-23(11-17,12-18)26(2)4-5-27(3)24-13-19-7-20(14-24)9-21(8-19)15-24/h17-22H,4-16H2,1-3H3. The van der Waals surface area contributed by atoms with Crippen molar-refractivity contribution in [1.82, 2.24) is 0 Å². The molecule has 0 aromatic carbocycles. The van der Waals surface area contributed by atoms with Crippen LogP contribution in [0.4, 0.5) is 0 Å². The number of hydrogen-bond acceptors (Lipinski definition) is 0. The van der Waals surface area contributed by atoms with E-state index in [1.54, 1.807) is 70.1 Å². The van der Waals surface area contributed by atoms with Crippen LogP contribution in [0.5, 0.6) is 0 Å². The molecule has 0 aromatic rings. The molecule has 0 nitrogen and oxygen atoms in total. The van der Waals surface area contributed by atoms with E-state index in [0.29, 0.717) is 0 Å². The summed E-state index contributed by atoms with van der Waals surface area (Å²) >= 11 is 2.81. The van der Waals surface area contributed by atoms with Crippen molar-refractivity contribution in [3.05, 3.63) is 0 Å². The zero-order valence-electron chi connectivity index (χ0n) is 17.9. The summed E-state index contributed by atoms with van der Waals surface area (Å²) in [6.45, 7) is 8.05. The Kier molecular flexibility index (Phi) is 5.78. The van der Waals surface area contributed by atoms with Crippen LogP contribution in [0.2, 0.25) is 0 Å². The van der Waals surface area contributed by atoms with E-state index in [1.807, 2.05) is 0 Å². The van der Waals surface area contributed by atoms with Crippen molar-refractivity contribution in [3.8, 4) is 0 Å². The molecule has 27 heavy (non-hydrogen) atoms. The van der Waals surface area contributed by atoms with E-state index >= 15 is 0 Å². The van der Waals surface area contributed by atoms with Gasteiger partial charge in [-0.15, -0.1) is 15.8 Å². The third-order valence-electron chi connectivity index (χ3n) is 9.72. The summed E-state index contributed by atoms with van der Waals surface area (Å²) in [7, 11) is 0.489. The summed E-state index contributed by atoms with van der Waals surface area (Å²) in [5.74, 6) is 5.49. The van der Waals surface area contributed by atoms with Crippen LogP contribution in [0.25, 0.3) is 0 Å². The molecule has 154 valence electrons. The minimum absolute atomic E-state index is 0.226. The Morgan fingerprint density at radius 3 is 1.63 bits per heavy atom. The molecular formula is C24H41IP2. The lowest BCUT2D eigenvalue weighted by molar-refractivity contribution is 0.0357. The average molecular weight is 518 g/mol. The SMILES string of the molecule is CC1CC2CC(I)CC(P(C)CCP(C)C34CC5CC(CC(C5)C3)C4)(C1)C2. The van der Waals surface area contributed by atoms with E-state index in [4.69, 9.17) is 0 Å². The summed E-state index contributed by atoms with van der Waals surface area (Å²) in [5, 5.41) is 1.62. The van der Waals surface area contributed by atoms with Gasteiger partial charge in [-0.05, 0) is 136 Å². The number of rotatable bonds is 5. The van der Waals surface area contributed by atoms with Gasteiger partial charge in [-0.3, -0.25) is 0 Å². The van der Waals surface area contributed by atoms with Crippen molar-refractivity contribution in [2.45, 2.75) is 91.8 Å². The molecule has 6 bridgehead atoms. The van der Waals surface area contributed by atoms with Gasteiger partial charge in [0.25, 0.3) is 0 Å². The second kappa shape index (κ2) is 7.62. The van der Waals surface area contributed by atoms with Crippen LogP contribution in [-0.2, 0) is 0 Å². The molecule has 3 heteroatoms. The fourth-order valence-electron chi connectivity index (χ4n) is 8.98. The molecule has 0 aliphatic heterocycles. The van der Waals surface area contributed by atoms with E-state index in [0.717, 1.165) is 43.8 Å². The first-order valence-electron chi connectivity index (χ1n) is 11.9. The maximum Gasteiger partial charge on any atom is 0.0121 e. The number of halogens is 1. The smallest absolute Gasteiger partial charge is 0.0121 e. The fraction of sp³-hybridized carbons (Fsp3) is 1.00. The van der Waals surface area contributed by atoms with Crippen LogP contribution < -0.4 is 0 Å². The quantitative estimate of drug-likeness (QED) is 0.197. The van der Waals surface area contributed by atoms with E-state index < -0.39 is 0 Å². The maximum atomic E-state index is 2.81. The van der Waals surface area contributed by atoms with Gasteiger partial charge in [0.15, 0.2) is 0 Å². The lowest BCUT2D eigenvalue weighted by Crippen LogP contribution is -2.49. The molecule has 0 N–H and O–H groups in total. The van der Waals surface area contributed by atoms with Gasteiger partial charge in [-0.25, -0.2) is 0 Å². The van der Waals surface area contributed by atoms with Crippen molar-refractivity contribution >= 4 is 38.4 Å². The number of hydrogen-bond donors (Lipinski definition) is 0. The predicted octanol–water partition coefficient (Wildman–Crippen LogP) is 7.95. The van der Waals surface area contributed by atoms with Crippen molar-refractivity contribution in [1.29, 1.82) is 0 Å². The van der Waals surface area contributed by atoms with Gasteiger partial charge in [0.1, 0.15) is 0 Å². The first-order valence-corrected chi connectivity index (χ1v) is 17.1. The zero-order chi connectivity index (χ0) is 18.8. The van der Waals surface area contributed by atoms with Gasteiger partial charge in [-0.2, -0.15) is 0 Å². The normalized spacial score (nSPS) is 53.3. The summed E-state index contributed by atoms with van der Waals surface area (Å²) in [6, 6.07) is 0. The summed E-state index contributed by atoms with van der Waals surface area (Å²) in [6.07, 6.45) is 20.8. The Labute approximate surface area is 184 Å². The third-order valence-corrected chi connectivity index (χ3v) is 17.1. The molecule has 6 aliphatic carbocycles. The van der Waals surface area contributed by atoms with Gasteiger partial charge in [0.2, 0.25) is 0 Å². The molecule has 0 saturated heterocycles. The molecule has 6 atom stereocenters.